The van der Waals surface area contributed by atoms with Gasteiger partial charge >= 0.3 is 0 Å². The van der Waals surface area contributed by atoms with Crippen molar-refractivity contribution in [1.29, 1.82) is 0 Å². The predicted molar refractivity (Wildman–Crippen MR) is 521 cm³/mol. The number of rotatable bonds is 19. The zero-order chi connectivity index (χ0) is 83.0. The highest BCUT2D eigenvalue weighted by atomic mass is 16.3. The highest BCUT2D eigenvalue weighted by Gasteiger charge is 2.25. The number of benzene rings is 18. The van der Waals surface area contributed by atoms with Crippen LogP contribution in [0.25, 0.3) is 133 Å². The maximum atomic E-state index is 6.23. The Morgan fingerprint density at radius 2 is 0.444 bits per heavy atom. The number of pyridine rings is 2. The number of hydrogen-bond acceptors (Lipinski definition) is 6. The summed E-state index contributed by atoms with van der Waals surface area (Å²) < 4.78 is 6.23. The summed E-state index contributed by atoms with van der Waals surface area (Å²) in [5, 5.41) is 2.28. The maximum Gasteiger partial charge on any atom is 0.145 e. The van der Waals surface area contributed by atoms with Gasteiger partial charge in [-0.05, 0) is 216 Å². The Morgan fingerprint density at radius 1 is 0.161 bits per heavy atom. The summed E-state index contributed by atoms with van der Waals surface area (Å²) in [6, 6.07) is 176. The molecule has 0 aliphatic heterocycles. The third kappa shape index (κ3) is 17.1. The fourth-order valence-corrected chi connectivity index (χ4v) is 16.6. The summed E-state index contributed by atoms with van der Waals surface area (Å²) in [4.78, 5) is 16.2. The highest BCUT2D eigenvalue weighted by Crippen LogP contribution is 2.48. The van der Waals surface area contributed by atoms with Gasteiger partial charge in [0, 0.05) is 80.1 Å². The summed E-state index contributed by atoms with van der Waals surface area (Å²) >= 11 is 0. The molecule has 0 bridgehead atoms. The number of hydrogen-bond donors (Lipinski definition) is 0. The standard InChI is InChI=1S/C48H33NO.2C35H26N2/c1-3-14-34(15-4-1)38-20-12-22-41(31-38)49(46-26-9-7-24-43(46)35-16-5-2-6-17-35)42-23-13-21-39(32-42)36-18-11-19-37(30-36)40-28-29-45-44-25-8-10-27-47(44)50-48(45)33-40;1-4-13-27(14-5-1)30-19-10-21-32(25-30)37(33-22-11-20-31(26-33)28-15-6-2-7-16-28)35-34(23-12-24-36-35)29-17-8-3-9-18-29;1-3-12-28(13-4-1)32-18-7-9-20-34(32)37(31-17-11-16-30(26-31)27-22-24-36-25-23-27)35-21-10-8-19-33(35)29-14-5-2-6-15-29/h1-33H;2*1-26H. The molecule has 0 fully saturated rings. The average molecular weight is 1590 g/mol. The first-order chi connectivity index (χ1) is 61.5. The molecule has 0 saturated heterocycles. The van der Waals surface area contributed by atoms with Crippen molar-refractivity contribution in [3.8, 4) is 111 Å². The van der Waals surface area contributed by atoms with Crippen molar-refractivity contribution in [2.24, 2.45) is 0 Å². The third-order valence-electron chi connectivity index (χ3n) is 22.5. The molecule has 0 aliphatic rings. The molecule has 0 saturated carbocycles. The first-order valence-electron chi connectivity index (χ1n) is 42.0. The molecule has 0 aliphatic carbocycles. The molecule has 6 heteroatoms. The van der Waals surface area contributed by atoms with Gasteiger partial charge < -0.3 is 14.2 Å². The summed E-state index contributed by atoms with van der Waals surface area (Å²) in [5.74, 6) is 0.893. The number of nitrogens with zero attached hydrogens (tertiary/aromatic N) is 5. The van der Waals surface area contributed by atoms with Crippen LogP contribution in [0.3, 0.4) is 0 Å². The van der Waals surface area contributed by atoms with Crippen molar-refractivity contribution >= 4 is 73.3 Å². The van der Waals surface area contributed by atoms with E-state index in [2.05, 4.69) is 493 Å². The van der Waals surface area contributed by atoms with Gasteiger partial charge in [-0.15, -0.1) is 0 Å². The van der Waals surface area contributed by atoms with Gasteiger partial charge in [-0.25, -0.2) is 4.98 Å². The van der Waals surface area contributed by atoms with Crippen molar-refractivity contribution < 1.29 is 4.42 Å². The van der Waals surface area contributed by atoms with E-state index >= 15 is 0 Å². The lowest BCUT2D eigenvalue weighted by Crippen LogP contribution is -2.13. The first-order valence-corrected chi connectivity index (χ1v) is 42.0. The summed E-state index contributed by atoms with van der Waals surface area (Å²) in [6.45, 7) is 0. The lowest BCUT2D eigenvalue weighted by atomic mass is 9.97. The molecule has 0 unspecified atom stereocenters. The van der Waals surface area contributed by atoms with Crippen LogP contribution in [0.15, 0.2) is 520 Å². The number of para-hydroxylation sites is 4. The van der Waals surface area contributed by atoms with Gasteiger partial charge in [0.15, 0.2) is 0 Å². The van der Waals surface area contributed by atoms with Crippen LogP contribution in [0.5, 0.6) is 0 Å². The fraction of sp³-hybridized carbons (Fsp3) is 0. The van der Waals surface area contributed by atoms with E-state index in [1.54, 1.807) is 0 Å². The normalized spacial score (nSPS) is 10.9. The van der Waals surface area contributed by atoms with Crippen molar-refractivity contribution in [2.75, 3.05) is 14.7 Å². The van der Waals surface area contributed by atoms with E-state index in [4.69, 9.17) is 9.40 Å². The molecule has 124 heavy (non-hydrogen) atoms. The molecule has 588 valence electrons. The smallest absolute Gasteiger partial charge is 0.145 e. The van der Waals surface area contributed by atoms with Crippen LogP contribution in [0, 0.1) is 0 Å². The van der Waals surface area contributed by atoms with Crippen LogP contribution in [-0.4, -0.2) is 9.97 Å². The van der Waals surface area contributed by atoms with Gasteiger partial charge in [-0.3, -0.25) is 9.88 Å². The first kappa shape index (κ1) is 77.4. The van der Waals surface area contributed by atoms with Crippen molar-refractivity contribution in [3.05, 3.63) is 516 Å². The molecular formula is C118H85N5O. The Bertz CT molecular complexity index is 7010. The van der Waals surface area contributed by atoms with Crippen LogP contribution >= 0.6 is 0 Å². The highest BCUT2D eigenvalue weighted by molar-refractivity contribution is 6.06. The third-order valence-corrected chi connectivity index (χ3v) is 22.5. The maximum absolute atomic E-state index is 6.23. The second-order valence-electron chi connectivity index (χ2n) is 30.4. The monoisotopic (exact) mass is 1590 g/mol. The molecule has 0 amide bonds. The molecule has 0 spiro atoms. The van der Waals surface area contributed by atoms with Crippen molar-refractivity contribution in [3.63, 3.8) is 0 Å². The van der Waals surface area contributed by atoms with Crippen molar-refractivity contribution in [1.82, 2.24) is 9.97 Å². The van der Waals surface area contributed by atoms with Gasteiger partial charge in [0.2, 0.25) is 0 Å². The van der Waals surface area contributed by atoms with Gasteiger partial charge in [-0.2, -0.15) is 0 Å². The second kappa shape index (κ2) is 36.8. The zero-order valence-corrected chi connectivity index (χ0v) is 68.2. The van der Waals surface area contributed by atoms with Crippen LogP contribution in [0.4, 0.5) is 51.3 Å². The molecule has 6 nitrogen and oxygen atoms in total. The predicted octanol–water partition coefficient (Wildman–Crippen LogP) is 32.8. The largest absolute Gasteiger partial charge is 0.456 e. The fourth-order valence-electron chi connectivity index (χ4n) is 16.6. The molecule has 21 rings (SSSR count). The number of aromatic nitrogens is 2. The lowest BCUT2D eigenvalue weighted by Gasteiger charge is -2.30. The van der Waals surface area contributed by atoms with Crippen LogP contribution in [0.2, 0.25) is 0 Å². The molecule has 3 heterocycles. The summed E-state index contributed by atoms with van der Waals surface area (Å²) in [6.07, 6.45) is 5.56. The molecule has 0 radical (unpaired) electrons. The Kier molecular flexibility index (Phi) is 22.9. The Hall–Kier alpha value is -16.5. The minimum atomic E-state index is 0.893. The topological polar surface area (TPSA) is 48.6 Å². The van der Waals surface area contributed by atoms with E-state index in [1.165, 1.54) is 66.8 Å². The van der Waals surface area contributed by atoms with Gasteiger partial charge in [-0.1, -0.05) is 370 Å². The molecule has 0 N–H and O–H groups in total. The van der Waals surface area contributed by atoms with Crippen molar-refractivity contribution in [2.45, 2.75) is 0 Å². The number of anilines is 9. The minimum absolute atomic E-state index is 0.893. The molecular weight excluding hydrogens is 1500 g/mol. The van der Waals surface area contributed by atoms with Crippen LogP contribution < -0.4 is 14.7 Å². The number of furan rings is 1. The van der Waals surface area contributed by atoms with Crippen LogP contribution in [-0.2, 0) is 0 Å². The Morgan fingerprint density at radius 3 is 0.863 bits per heavy atom. The molecule has 18 aromatic carbocycles. The van der Waals surface area contributed by atoms with E-state index in [0.717, 1.165) is 118 Å². The van der Waals surface area contributed by atoms with E-state index < -0.39 is 0 Å². The minimum Gasteiger partial charge on any atom is -0.456 e. The summed E-state index contributed by atoms with van der Waals surface area (Å²) in [5.41, 5.74) is 33.8. The molecule has 21 aromatic rings. The summed E-state index contributed by atoms with van der Waals surface area (Å²) in [7, 11) is 0. The van der Waals surface area contributed by atoms with E-state index in [0.29, 0.717) is 0 Å². The van der Waals surface area contributed by atoms with Gasteiger partial charge in [0.1, 0.15) is 17.0 Å². The van der Waals surface area contributed by atoms with Gasteiger partial charge in [0.05, 0.1) is 17.1 Å². The van der Waals surface area contributed by atoms with E-state index in [-0.39, 0.29) is 0 Å². The lowest BCUT2D eigenvalue weighted by molar-refractivity contribution is 0.669. The zero-order valence-electron chi connectivity index (χ0n) is 68.2. The SMILES string of the molecule is c1ccc(-c2cccc(N(c3cccc(-c4cccc(-c5ccc6c(c5)oc5ccccc56)c4)c3)c3ccccc3-c3ccccc3)c2)cc1.c1ccc(-c2cccc(N(c3cccc(-c4ccccc4)c3)c3ncccc3-c3ccccc3)c2)cc1.c1ccc(-c2ccccc2N(c2cccc(-c3ccncc3)c2)c2ccccc2-c2ccccc2)cc1. The average Bonchev–Trinajstić information content (AvgIpc) is 1.28. The Labute approximate surface area is 724 Å². The second-order valence-corrected chi connectivity index (χ2v) is 30.4. The molecule has 3 aromatic heterocycles. The quantitative estimate of drug-likeness (QED) is 0.0804. The van der Waals surface area contributed by atoms with E-state index in [9.17, 15) is 0 Å². The van der Waals surface area contributed by atoms with Gasteiger partial charge in [0.25, 0.3) is 0 Å². The number of fused-ring (bicyclic) bond motifs is 3. The van der Waals surface area contributed by atoms with Crippen LogP contribution in [0.1, 0.15) is 0 Å². The van der Waals surface area contributed by atoms with E-state index in [1.807, 2.05) is 42.9 Å². The molecule has 0 atom stereocenters. The Balaban J connectivity index is 0.000000124.